The van der Waals surface area contributed by atoms with Crippen LogP contribution in [0, 0.1) is 0 Å². The molecule has 0 aromatic carbocycles. The number of hydrogen-bond donors (Lipinski definition) is 3. The normalized spacial score (nSPS) is 27.7. The molecule has 9 heteroatoms. The molecule has 3 heterocycles. The number of carbonyl (C=O) groups excluding carboxylic acids is 1. The van der Waals surface area contributed by atoms with Crippen LogP contribution in [-0.4, -0.2) is 62.4 Å². The minimum atomic E-state index is -1.25. The number of hydrogen-bond acceptors (Lipinski definition) is 6. The lowest BCUT2D eigenvalue weighted by molar-refractivity contribution is -0.202. The molecule has 1 amide bonds. The fourth-order valence-electron chi connectivity index (χ4n) is 4.36. The molecule has 3 rings (SSSR count). The maximum Gasteiger partial charge on any atom is 0.328 e. The summed E-state index contributed by atoms with van der Waals surface area (Å²) in [5.74, 6) is -0.0236. The first-order valence-electron chi connectivity index (χ1n) is 10.4. The van der Waals surface area contributed by atoms with Gasteiger partial charge in [-0.3, -0.25) is 19.1 Å². The van der Waals surface area contributed by atoms with Crippen molar-refractivity contribution in [2.24, 2.45) is 5.73 Å². The van der Waals surface area contributed by atoms with Crippen molar-refractivity contribution in [3.05, 3.63) is 33.1 Å². The zero-order valence-corrected chi connectivity index (χ0v) is 17.2. The molecule has 3 atom stereocenters. The van der Waals surface area contributed by atoms with Crippen molar-refractivity contribution in [1.82, 2.24) is 14.5 Å². The first-order valence-corrected chi connectivity index (χ1v) is 10.4. The number of likely N-dealkylation sites (tertiary alicyclic amines) is 1. The second-order valence-corrected chi connectivity index (χ2v) is 8.64. The summed E-state index contributed by atoms with van der Waals surface area (Å²) in [6.07, 6.45) is 5.70. The van der Waals surface area contributed by atoms with E-state index in [4.69, 9.17) is 10.5 Å². The number of aliphatic hydroxyl groups is 1. The third-order valence-electron chi connectivity index (χ3n) is 6.31. The lowest BCUT2D eigenvalue weighted by atomic mass is 9.77. The van der Waals surface area contributed by atoms with Crippen LogP contribution in [0.2, 0.25) is 0 Å². The maximum absolute atomic E-state index is 12.6. The summed E-state index contributed by atoms with van der Waals surface area (Å²) in [5.41, 5.74) is 3.26. The second-order valence-electron chi connectivity index (χ2n) is 8.64. The molecule has 9 nitrogen and oxygen atoms in total. The monoisotopic (exact) mass is 408 g/mol. The lowest BCUT2D eigenvalue weighted by Crippen LogP contribution is -2.59. The van der Waals surface area contributed by atoms with Gasteiger partial charge in [-0.2, -0.15) is 0 Å². The van der Waals surface area contributed by atoms with Gasteiger partial charge in [-0.15, -0.1) is 0 Å². The molecule has 2 saturated heterocycles. The number of nitrogens with two attached hydrogens (primary N) is 1. The number of ether oxygens (including phenoxy) is 1. The van der Waals surface area contributed by atoms with E-state index in [0.29, 0.717) is 38.8 Å². The van der Waals surface area contributed by atoms with E-state index in [0.717, 1.165) is 12.8 Å². The first kappa shape index (κ1) is 21.7. The van der Waals surface area contributed by atoms with Gasteiger partial charge in [0, 0.05) is 31.8 Å². The SMILES string of the molecule is CCCC[C@H](N)C(=O)N1CCC2(CC1)C[C@H](n1ccc(=O)[nH]c1=O)[C@@](C)(O)CO2. The Labute approximate surface area is 169 Å². The van der Waals surface area contributed by atoms with Crippen LogP contribution in [0.1, 0.15) is 58.4 Å². The quantitative estimate of drug-likeness (QED) is 0.635. The smallest absolute Gasteiger partial charge is 0.328 e. The zero-order chi connectivity index (χ0) is 21.2. The molecule has 2 aliphatic rings. The Morgan fingerprint density at radius 1 is 1.41 bits per heavy atom. The van der Waals surface area contributed by atoms with E-state index >= 15 is 0 Å². The molecule has 1 spiro atoms. The Balaban J connectivity index is 1.71. The summed E-state index contributed by atoms with van der Waals surface area (Å²) in [5, 5.41) is 10.8. The van der Waals surface area contributed by atoms with Crippen LogP contribution < -0.4 is 17.0 Å². The van der Waals surface area contributed by atoms with Crippen LogP contribution in [0.5, 0.6) is 0 Å². The van der Waals surface area contributed by atoms with Crippen molar-refractivity contribution in [2.75, 3.05) is 19.7 Å². The largest absolute Gasteiger partial charge is 0.386 e. The number of carbonyl (C=O) groups is 1. The van der Waals surface area contributed by atoms with E-state index in [-0.39, 0.29) is 12.5 Å². The topological polar surface area (TPSA) is 131 Å². The molecule has 1 aromatic heterocycles. The van der Waals surface area contributed by atoms with Crippen LogP contribution in [-0.2, 0) is 9.53 Å². The molecule has 4 N–H and O–H groups in total. The highest BCUT2D eigenvalue weighted by molar-refractivity contribution is 5.81. The molecule has 0 radical (unpaired) electrons. The van der Waals surface area contributed by atoms with Gasteiger partial charge >= 0.3 is 5.69 Å². The Morgan fingerprint density at radius 2 is 2.10 bits per heavy atom. The van der Waals surface area contributed by atoms with Gasteiger partial charge in [0.15, 0.2) is 0 Å². The summed E-state index contributed by atoms with van der Waals surface area (Å²) in [6.45, 7) is 4.85. The molecule has 1 aromatic rings. The Morgan fingerprint density at radius 3 is 2.72 bits per heavy atom. The summed E-state index contributed by atoms with van der Waals surface area (Å²) >= 11 is 0. The van der Waals surface area contributed by atoms with Gasteiger partial charge < -0.3 is 20.5 Å². The first-order chi connectivity index (χ1) is 13.7. The number of H-pyrrole nitrogens is 1. The summed E-state index contributed by atoms with van der Waals surface area (Å²) in [7, 11) is 0. The standard InChI is InChI=1S/C20H32N4O5/c1-3-4-5-14(21)17(26)23-10-7-20(8-11-23)12-15(19(2,28)13-29-20)24-9-6-16(25)22-18(24)27/h6,9,14-15,28H,3-5,7-8,10-13,21H2,1-2H3,(H,22,25,27)/t14-,15-,19-/m0/s1. The van der Waals surface area contributed by atoms with Gasteiger partial charge in [-0.05, 0) is 26.2 Å². The average molecular weight is 408 g/mol. The van der Waals surface area contributed by atoms with Crippen molar-refractivity contribution in [3.8, 4) is 0 Å². The van der Waals surface area contributed by atoms with Crippen molar-refractivity contribution in [2.45, 2.75) is 75.7 Å². The van der Waals surface area contributed by atoms with Gasteiger partial charge in [0.25, 0.3) is 5.56 Å². The van der Waals surface area contributed by atoms with Crippen LogP contribution in [0.15, 0.2) is 21.9 Å². The number of piperidine rings is 1. The van der Waals surface area contributed by atoms with Crippen LogP contribution >= 0.6 is 0 Å². The number of nitrogens with one attached hydrogen (secondary N) is 1. The van der Waals surface area contributed by atoms with Gasteiger partial charge in [-0.1, -0.05) is 19.8 Å². The summed E-state index contributed by atoms with van der Waals surface area (Å²) in [6, 6.07) is 0.276. The Kier molecular flexibility index (Phi) is 6.30. The van der Waals surface area contributed by atoms with Gasteiger partial charge in [0.05, 0.1) is 24.3 Å². The van der Waals surface area contributed by atoms with E-state index in [1.54, 1.807) is 11.8 Å². The maximum atomic E-state index is 12.6. The highest BCUT2D eigenvalue weighted by Gasteiger charge is 2.49. The van der Waals surface area contributed by atoms with E-state index in [9.17, 15) is 19.5 Å². The molecule has 2 fully saturated rings. The van der Waals surface area contributed by atoms with Crippen LogP contribution in [0.25, 0.3) is 0 Å². The fraction of sp³-hybridized carbons (Fsp3) is 0.750. The van der Waals surface area contributed by atoms with Crippen molar-refractivity contribution >= 4 is 5.91 Å². The molecular formula is C20H32N4O5. The van der Waals surface area contributed by atoms with E-state index in [1.165, 1.54) is 16.8 Å². The minimum Gasteiger partial charge on any atom is -0.386 e. The van der Waals surface area contributed by atoms with Gasteiger partial charge in [0.1, 0.15) is 5.60 Å². The molecule has 0 bridgehead atoms. The van der Waals surface area contributed by atoms with Crippen LogP contribution in [0.3, 0.4) is 0 Å². The Hall–Kier alpha value is -1.97. The highest BCUT2D eigenvalue weighted by Crippen LogP contribution is 2.43. The minimum absolute atomic E-state index is 0.0236. The van der Waals surface area contributed by atoms with Crippen molar-refractivity contribution in [1.29, 1.82) is 0 Å². The predicted molar refractivity (Wildman–Crippen MR) is 108 cm³/mol. The third kappa shape index (κ3) is 4.62. The number of amides is 1. The molecular weight excluding hydrogens is 376 g/mol. The molecule has 29 heavy (non-hydrogen) atoms. The predicted octanol–water partition coefficient (Wildman–Crippen LogP) is 0.128. The molecule has 0 unspecified atom stereocenters. The molecule has 162 valence electrons. The number of aromatic nitrogens is 2. The van der Waals surface area contributed by atoms with E-state index in [2.05, 4.69) is 11.9 Å². The number of aromatic amines is 1. The van der Waals surface area contributed by atoms with Gasteiger partial charge in [0.2, 0.25) is 5.91 Å². The number of unbranched alkanes of at least 4 members (excludes halogenated alkanes) is 1. The van der Waals surface area contributed by atoms with Gasteiger partial charge in [-0.25, -0.2) is 4.79 Å². The van der Waals surface area contributed by atoms with E-state index in [1.807, 2.05) is 0 Å². The van der Waals surface area contributed by atoms with E-state index < -0.39 is 34.5 Å². The highest BCUT2D eigenvalue weighted by atomic mass is 16.5. The lowest BCUT2D eigenvalue weighted by Gasteiger charge is -2.51. The molecule has 0 aliphatic carbocycles. The summed E-state index contributed by atoms with van der Waals surface area (Å²) < 4.78 is 7.46. The average Bonchev–Trinajstić information content (AvgIpc) is 2.69. The molecule has 0 saturated carbocycles. The number of rotatable bonds is 5. The Bertz CT molecular complexity index is 838. The van der Waals surface area contributed by atoms with Crippen molar-refractivity contribution < 1.29 is 14.6 Å². The third-order valence-corrected chi connectivity index (χ3v) is 6.31. The fourth-order valence-corrected chi connectivity index (χ4v) is 4.36. The number of nitrogens with zero attached hydrogens (tertiary/aromatic N) is 2. The van der Waals surface area contributed by atoms with Crippen LogP contribution in [0.4, 0.5) is 0 Å². The second kappa shape index (κ2) is 8.41. The molecule has 2 aliphatic heterocycles. The summed E-state index contributed by atoms with van der Waals surface area (Å²) in [4.78, 5) is 40.3. The van der Waals surface area contributed by atoms with Crippen molar-refractivity contribution in [3.63, 3.8) is 0 Å². The zero-order valence-electron chi connectivity index (χ0n) is 17.2.